The van der Waals surface area contributed by atoms with Crippen molar-refractivity contribution in [2.24, 2.45) is 5.41 Å². The van der Waals surface area contributed by atoms with E-state index in [1.807, 2.05) is 0 Å². The van der Waals surface area contributed by atoms with Crippen molar-refractivity contribution in [2.75, 3.05) is 5.32 Å². The molecule has 1 aliphatic rings. The van der Waals surface area contributed by atoms with E-state index >= 15 is 0 Å². The van der Waals surface area contributed by atoms with Gasteiger partial charge in [-0.15, -0.1) is 0 Å². The van der Waals surface area contributed by atoms with Crippen molar-refractivity contribution in [1.29, 1.82) is 0 Å². The highest BCUT2D eigenvalue weighted by Crippen LogP contribution is 2.37. The van der Waals surface area contributed by atoms with Crippen LogP contribution in [0.15, 0.2) is 24.3 Å². The highest BCUT2D eigenvalue weighted by Gasteiger charge is 2.31. The summed E-state index contributed by atoms with van der Waals surface area (Å²) in [6.07, 6.45) is 0.0733. The van der Waals surface area contributed by atoms with E-state index in [4.69, 9.17) is 0 Å². The predicted octanol–water partition coefficient (Wildman–Crippen LogP) is 5.09. The summed E-state index contributed by atoms with van der Waals surface area (Å²) in [4.78, 5) is 0. The van der Waals surface area contributed by atoms with Gasteiger partial charge in [-0.2, -0.15) is 13.2 Å². The van der Waals surface area contributed by atoms with E-state index in [1.165, 1.54) is 18.6 Å². The molecule has 0 bridgehead atoms. The lowest BCUT2D eigenvalue weighted by molar-refractivity contribution is -0.137. The number of nitrogens with one attached hydrogen (secondary N) is 1. The topological polar surface area (TPSA) is 12.0 Å². The summed E-state index contributed by atoms with van der Waals surface area (Å²) in [5.41, 5.74) is 0.252. The van der Waals surface area contributed by atoms with E-state index in [0.29, 0.717) is 5.69 Å². The predicted molar refractivity (Wildman–Crippen MR) is 71.1 cm³/mol. The van der Waals surface area contributed by atoms with Crippen molar-refractivity contribution in [3.05, 3.63) is 29.8 Å². The SMILES string of the molecule is CC1(C)CCCC(Nc2cccc(C(F)(F)F)c2)C1. The molecule has 1 aromatic rings. The molecule has 1 saturated carbocycles. The Bertz CT molecular complexity index is 437. The summed E-state index contributed by atoms with van der Waals surface area (Å²) in [5, 5.41) is 3.25. The molecule has 1 unspecified atom stereocenters. The Labute approximate surface area is 112 Å². The van der Waals surface area contributed by atoms with E-state index < -0.39 is 11.7 Å². The quantitative estimate of drug-likeness (QED) is 0.790. The van der Waals surface area contributed by atoms with Gasteiger partial charge in [0.05, 0.1) is 5.56 Å². The third-order valence-electron chi connectivity index (χ3n) is 3.77. The molecule has 106 valence electrons. The summed E-state index contributed by atoms with van der Waals surface area (Å²) in [7, 11) is 0. The molecule has 0 aromatic heterocycles. The van der Waals surface area contributed by atoms with E-state index in [0.717, 1.165) is 25.3 Å². The average molecular weight is 271 g/mol. The molecule has 1 fully saturated rings. The smallest absolute Gasteiger partial charge is 0.382 e. The van der Waals surface area contributed by atoms with E-state index in [1.54, 1.807) is 6.07 Å². The van der Waals surface area contributed by atoms with Crippen LogP contribution in [0.5, 0.6) is 0 Å². The normalized spacial score (nSPS) is 23.1. The van der Waals surface area contributed by atoms with Crippen LogP contribution in [0.1, 0.15) is 45.1 Å². The molecule has 0 heterocycles. The molecule has 1 aromatic carbocycles. The van der Waals surface area contributed by atoms with Crippen LogP contribution in [0.25, 0.3) is 0 Å². The molecule has 1 N–H and O–H groups in total. The second-order valence-electron chi connectivity index (χ2n) is 6.18. The number of anilines is 1. The average Bonchev–Trinajstić information content (AvgIpc) is 2.26. The molecule has 19 heavy (non-hydrogen) atoms. The van der Waals surface area contributed by atoms with Crippen LogP contribution in [0.4, 0.5) is 18.9 Å². The molecule has 0 amide bonds. The maximum atomic E-state index is 12.6. The zero-order valence-corrected chi connectivity index (χ0v) is 11.3. The van der Waals surface area contributed by atoms with Crippen molar-refractivity contribution in [1.82, 2.24) is 0 Å². The molecule has 4 heteroatoms. The maximum absolute atomic E-state index is 12.6. The van der Waals surface area contributed by atoms with Gasteiger partial charge in [0.1, 0.15) is 0 Å². The van der Waals surface area contributed by atoms with Crippen LogP contribution in [0.2, 0.25) is 0 Å². The zero-order chi connectivity index (χ0) is 14.1. The fourth-order valence-electron chi connectivity index (χ4n) is 2.84. The second-order valence-corrected chi connectivity index (χ2v) is 6.18. The van der Waals surface area contributed by atoms with Gasteiger partial charge in [0, 0.05) is 11.7 Å². The lowest BCUT2D eigenvalue weighted by Gasteiger charge is -2.36. The first kappa shape index (κ1) is 14.2. The van der Waals surface area contributed by atoms with Crippen LogP contribution < -0.4 is 5.32 Å². The van der Waals surface area contributed by atoms with Crippen LogP contribution in [-0.2, 0) is 6.18 Å². The number of benzene rings is 1. The molecule has 0 spiro atoms. The van der Waals surface area contributed by atoms with Crippen molar-refractivity contribution >= 4 is 5.69 Å². The molecule has 1 atom stereocenters. The fraction of sp³-hybridized carbons (Fsp3) is 0.600. The first-order valence-corrected chi connectivity index (χ1v) is 6.70. The van der Waals surface area contributed by atoms with E-state index in [9.17, 15) is 13.2 Å². The van der Waals surface area contributed by atoms with Crippen LogP contribution in [0, 0.1) is 5.41 Å². The van der Waals surface area contributed by atoms with Gasteiger partial charge >= 0.3 is 6.18 Å². The fourth-order valence-corrected chi connectivity index (χ4v) is 2.84. The lowest BCUT2D eigenvalue weighted by atomic mass is 9.75. The van der Waals surface area contributed by atoms with Crippen LogP contribution in [0.3, 0.4) is 0 Å². The Morgan fingerprint density at radius 1 is 1.26 bits per heavy atom. The number of halogens is 3. The van der Waals surface area contributed by atoms with Crippen molar-refractivity contribution in [2.45, 2.75) is 51.7 Å². The molecule has 0 radical (unpaired) electrons. The van der Waals surface area contributed by atoms with Crippen LogP contribution >= 0.6 is 0 Å². The van der Waals surface area contributed by atoms with Gasteiger partial charge in [-0.05, 0) is 42.9 Å². The van der Waals surface area contributed by atoms with Gasteiger partial charge in [0.2, 0.25) is 0 Å². The first-order chi connectivity index (χ1) is 8.76. The molecule has 2 rings (SSSR count). The Morgan fingerprint density at radius 2 is 2.00 bits per heavy atom. The van der Waals surface area contributed by atoms with Gasteiger partial charge in [0.25, 0.3) is 0 Å². The standard InChI is InChI=1S/C15H20F3N/c1-14(2)8-4-7-13(10-14)19-12-6-3-5-11(9-12)15(16,17)18/h3,5-6,9,13,19H,4,7-8,10H2,1-2H3. The number of hydrogen-bond acceptors (Lipinski definition) is 1. The van der Waals surface area contributed by atoms with Gasteiger partial charge in [-0.1, -0.05) is 26.3 Å². The summed E-state index contributed by atoms with van der Waals surface area (Å²) in [5.74, 6) is 0. The van der Waals surface area contributed by atoms with Crippen LogP contribution in [-0.4, -0.2) is 6.04 Å². The zero-order valence-electron chi connectivity index (χ0n) is 11.3. The van der Waals surface area contributed by atoms with E-state index in [-0.39, 0.29) is 11.5 Å². The van der Waals surface area contributed by atoms with Crippen molar-refractivity contribution in [3.8, 4) is 0 Å². The molecule has 1 aliphatic carbocycles. The van der Waals surface area contributed by atoms with E-state index in [2.05, 4.69) is 19.2 Å². The number of hydrogen-bond donors (Lipinski definition) is 1. The Kier molecular flexibility index (Phi) is 3.79. The Hall–Kier alpha value is -1.19. The first-order valence-electron chi connectivity index (χ1n) is 6.70. The summed E-state index contributed by atoms with van der Waals surface area (Å²) in [6.45, 7) is 4.43. The minimum Gasteiger partial charge on any atom is -0.382 e. The maximum Gasteiger partial charge on any atom is 0.416 e. The molecule has 1 nitrogen and oxygen atoms in total. The van der Waals surface area contributed by atoms with Gasteiger partial charge in [0.15, 0.2) is 0 Å². The van der Waals surface area contributed by atoms with Gasteiger partial charge in [-0.3, -0.25) is 0 Å². The number of alkyl halides is 3. The monoisotopic (exact) mass is 271 g/mol. The van der Waals surface area contributed by atoms with Crippen molar-refractivity contribution in [3.63, 3.8) is 0 Å². The highest BCUT2D eigenvalue weighted by atomic mass is 19.4. The summed E-state index contributed by atoms with van der Waals surface area (Å²) < 4.78 is 37.9. The lowest BCUT2D eigenvalue weighted by Crippen LogP contribution is -2.31. The highest BCUT2D eigenvalue weighted by molar-refractivity contribution is 5.47. The third kappa shape index (κ3) is 3.88. The summed E-state index contributed by atoms with van der Waals surface area (Å²) >= 11 is 0. The molecule has 0 aliphatic heterocycles. The minimum atomic E-state index is -4.27. The summed E-state index contributed by atoms with van der Waals surface area (Å²) in [6, 6.07) is 5.74. The molecule has 0 saturated heterocycles. The number of rotatable bonds is 2. The minimum absolute atomic E-state index is 0.271. The van der Waals surface area contributed by atoms with Gasteiger partial charge in [-0.25, -0.2) is 0 Å². The van der Waals surface area contributed by atoms with Crippen molar-refractivity contribution < 1.29 is 13.2 Å². The molecular formula is C15H20F3N. The largest absolute Gasteiger partial charge is 0.416 e. The molecular weight excluding hydrogens is 251 g/mol. The third-order valence-corrected chi connectivity index (χ3v) is 3.77. The Balaban J connectivity index is 2.07. The Morgan fingerprint density at radius 3 is 2.63 bits per heavy atom. The van der Waals surface area contributed by atoms with Gasteiger partial charge < -0.3 is 5.32 Å². The second kappa shape index (κ2) is 5.06.